The molecule has 6 heteroatoms. The van der Waals surface area contributed by atoms with Crippen LogP contribution in [0.4, 0.5) is 0 Å². The van der Waals surface area contributed by atoms with Gasteiger partial charge in [0.25, 0.3) is 0 Å². The van der Waals surface area contributed by atoms with E-state index in [1.54, 1.807) is 0 Å². The number of fused-ring (bicyclic) bond motifs is 3. The molecule has 1 aromatic heterocycles. The fourth-order valence-corrected chi connectivity index (χ4v) is 3.49. The highest BCUT2D eigenvalue weighted by molar-refractivity contribution is 5.02. The summed E-state index contributed by atoms with van der Waals surface area (Å²) >= 11 is 0. The molecule has 2 atom stereocenters. The van der Waals surface area contributed by atoms with Crippen LogP contribution in [-0.4, -0.2) is 65.3 Å². The van der Waals surface area contributed by atoms with Gasteiger partial charge in [-0.25, -0.2) is 0 Å². The van der Waals surface area contributed by atoms with Gasteiger partial charge in [-0.1, -0.05) is 5.16 Å². The minimum Gasteiger partial charge on any atom is -0.339 e. The zero-order chi connectivity index (χ0) is 12.7. The summed E-state index contributed by atoms with van der Waals surface area (Å²) in [5.41, 5.74) is 0. The second kappa shape index (κ2) is 4.85. The molecule has 4 fully saturated rings. The fraction of sp³-hybridized carbons (Fsp3) is 0.846. The smallest absolute Gasteiger partial charge is 0.228 e. The van der Waals surface area contributed by atoms with Crippen molar-refractivity contribution in [1.82, 2.24) is 25.3 Å². The van der Waals surface area contributed by atoms with E-state index in [1.165, 1.54) is 25.9 Å². The summed E-state index contributed by atoms with van der Waals surface area (Å²) in [4.78, 5) is 9.62. The monoisotopic (exact) mass is 263 g/mol. The quantitative estimate of drug-likeness (QED) is 0.831. The molecule has 0 amide bonds. The summed E-state index contributed by atoms with van der Waals surface area (Å²) in [6.45, 7) is 6.83. The summed E-state index contributed by atoms with van der Waals surface area (Å²) in [6, 6.07) is 0.872. The van der Waals surface area contributed by atoms with Crippen molar-refractivity contribution < 1.29 is 4.52 Å². The average Bonchev–Trinajstić information content (AvgIpc) is 3.12. The number of piperazine rings is 3. The molecule has 2 bridgehead atoms. The normalized spacial score (nSPS) is 37.9. The van der Waals surface area contributed by atoms with Gasteiger partial charge >= 0.3 is 0 Å². The molecule has 0 aromatic carbocycles. The van der Waals surface area contributed by atoms with Crippen molar-refractivity contribution in [3.8, 4) is 0 Å². The molecule has 0 aliphatic carbocycles. The first-order valence-electron chi connectivity index (χ1n) is 7.41. The highest BCUT2D eigenvalue weighted by Crippen LogP contribution is 2.27. The van der Waals surface area contributed by atoms with E-state index >= 15 is 0 Å². The highest BCUT2D eigenvalue weighted by Gasteiger charge is 2.35. The maximum atomic E-state index is 5.44. The molecule has 1 aromatic rings. The Hall–Kier alpha value is -0.980. The van der Waals surface area contributed by atoms with Crippen LogP contribution in [0, 0.1) is 0 Å². The van der Waals surface area contributed by atoms with E-state index in [1.807, 2.05) is 0 Å². The maximum Gasteiger partial charge on any atom is 0.228 e. The minimum atomic E-state index is 0.344. The van der Waals surface area contributed by atoms with Gasteiger partial charge in [0.1, 0.15) is 0 Å². The van der Waals surface area contributed by atoms with Crippen LogP contribution >= 0.6 is 0 Å². The molecule has 0 saturated carbocycles. The molecule has 104 valence electrons. The molecule has 6 nitrogen and oxygen atoms in total. The summed E-state index contributed by atoms with van der Waals surface area (Å²) < 4.78 is 5.44. The zero-order valence-electron chi connectivity index (χ0n) is 11.2. The third-order valence-electron chi connectivity index (χ3n) is 4.64. The van der Waals surface area contributed by atoms with Crippen LogP contribution in [0.2, 0.25) is 0 Å². The van der Waals surface area contributed by atoms with Crippen molar-refractivity contribution in [2.75, 3.05) is 39.3 Å². The lowest BCUT2D eigenvalue weighted by Crippen LogP contribution is -2.57. The number of hydrogen-bond donors (Lipinski definition) is 1. The lowest BCUT2D eigenvalue weighted by Gasteiger charge is -2.46. The van der Waals surface area contributed by atoms with Gasteiger partial charge in [-0.2, -0.15) is 4.98 Å². The first-order valence-corrected chi connectivity index (χ1v) is 7.41. The van der Waals surface area contributed by atoms with Crippen molar-refractivity contribution in [2.24, 2.45) is 0 Å². The summed E-state index contributed by atoms with van der Waals surface area (Å²) in [6.07, 6.45) is 3.36. The number of aromatic nitrogens is 2. The van der Waals surface area contributed by atoms with Crippen molar-refractivity contribution >= 4 is 0 Å². The van der Waals surface area contributed by atoms with E-state index in [0.29, 0.717) is 12.1 Å². The van der Waals surface area contributed by atoms with E-state index < -0.39 is 0 Å². The topological polar surface area (TPSA) is 57.4 Å². The SMILES string of the molecule is C1CNC(Cc2nc(C3CN4CCN3CC4)no2)C1. The van der Waals surface area contributed by atoms with Crippen molar-refractivity contribution in [3.05, 3.63) is 11.7 Å². The Bertz CT molecular complexity index is 434. The molecule has 4 aliphatic heterocycles. The number of nitrogens with zero attached hydrogens (tertiary/aromatic N) is 4. The molecular weight excluding hydrogens is 242 g/mol. The third-order valence-corrected chi connectivity index (χ3v) is 4.64. The van der Waals surface area contributed by atoms with Crippen LogP contribution in [0.15, 0.2) is 4.52 Å². The van der Waals surface area contributed by atoms with Crippen LogP contribution in [0.5, 0.6) is 0 Å². The predicted octanol–water partition coefficient (Wildman–Crippen LogP) is 0.0364. The Kier molecular flexibility index (Phi) is 3.01. The molecular formula is C13H21N5O. The van der Waals surface area contributed by atoms with Crippen LogP contribution in [0.3, 0.4) is 0 Å². The molecule has 0 radical (unpaired) electrons. The van der Waals surface area contributed by atoms with E-state index in [2.05, 4.69) is 25.3 Å². The van der Waals surface area contributed by atoms with Gasteiger partial charge in [0, 0.05) is 45.2 Å². The van der Waals surface area contributed by atoms with E-state index in [0.717, 1.165) is 44.3 Å². The van der Waals surface area contributed by atoms with E-state index in [9.17, 15) is 0 Å². The number of nitrogens with one attached hydrogen (secondary N) is 1. The zero-order valence-corrected chi connectivity index (χ0v) is 11.2. The number of rotatable bonds is 3. The van der Waals surface area contributed by atoms with Crippen molar-refractivity contribution in [2.45, 2.75) is 31.3 Å². The Labute approximate surface area is 113 Å². The molecule has 1 N–H and O–H groups in total. The molecule has 0 spiro atoms. The van der Waals surface area contributed by atoms with Gasteiger partial charge in [-0.05, 0) is 19.4 Å². The first kappa shape index (κ1) is 11.8. The molecule has 4 saturated heterocycles. The maximum absolute atomic E-state index is 5.44. The molecule has 4 aliphatic rings. The van der Waals surface area contributed by atoms with Gasteiger partial charge in [0.2, 0.25) is 5.89 Å². The first-order chi connectivity index (χ1) is 9.38. The van der Waals surface area contributed by atoms with Crippen molar-refractivity contribution in [3.63, 3.8) is 0 Å². The largest absolute Gasteiger partial charge is 0.339 e. The minimum absolute atomic E-state index is 0.344. The van der Waals surface area contributed by atoms with Gasteiger partial charge < -0.3 is 9.84 Å². The third kappa shape index (κ3) is 2.28. The summed E-state index contributed by atoms with van der Waals surface area (Å²) in [7, 11) is 0. The van der Waals surface area contributed by atoms with Crippen LogP contribution < -0.4 is 5.32 Å². The van der Waals surface area contributed by atoms with Gasteiger partial charge in [-0.3, -0.25) is 9.80 Å². The Balaban J connectivity index is 1.45. The average molecular weight is 263 g/mol. The van der Waals surface area contributed by atoms with E-state index in [4.69, 9.17) is 4.52 Å². The molecule has 2 unspecified atom stereocenters. The lowest BCUT2D eigenvalue weighted by molar-refractivity contribution is 0.00781. The van der Waals surface area contributed by atoms with Crippen LogP contribution in [0.1, 0.15) is 30.6 Å². The molecule has 5 heterocycles. The molecule has 5 rings (SSSR count). The Morgan fingerprint density at radius 1 is 1.26 bits per heavy atom. The Morgan fingerprint density at radius 2 is 2.16 bits per heavy atom. The Morgan fingerprint density at radius 3 is 2.84 bits per heavy atom. The lowest BCUT2D eigenvalue weighted by atomic mass is 10.1. The second-order valence-electron chi connectivity index (χ2n) is 5.90. The predicted molar refractivity (Wildman–Crippen MR) is 69.8 cm³/mol. The standard InChI is InChI=1S/C13H21N5O/c1-2-10(14-3-1)8-12-15-13(16-19-12)11-9-17-4-6-18(11)7-5-17/h10-11,14H,1-9H2. The van der Waals surface area contributed by atoms with Gasteiger partial charge in [0.15, 0.2) is 5.82 Å². The van der Waals surface area contributed by atoms with Crippen molar-refractivity contribution in [1.29, 1.82) is 0 Å². The summed E-state index contributed by atoms with van der Waals surface area (Å²) in [5, 5.41) is 7.69. The van der Waals surface area contributed by atoms with Crippen LogP contribution in [0.25, 0.3) is 0 Å². The highest BCUT2D eigenvalue weighted by atomic mass is 16.5. The van der Waals surface area contributed by atoms with Crippen LogP contribution in [-0.2, 0) is 6.42 Å². The van der Waals surface area contributed by atoms with Gasteiger partial charge in [0.05, 0.1) is 6.04 Å². The second-order valence-corrected chi connectivity index (χ2v) is 5.90. The molecule has 19 heavy (non-hydrogen) atoms. The number of hydrogen-bond acceptors (Lipinski definition) is 6. The fourth-order valence-electron chi connectivity index (χ4n) is 3.49. The van der Waals surface area contributed by atoms with E-state index in [-0.39, 0.29) is 0 Å². The van der Waals surface area contributed by atoms with Gasteiger partial charge in [-0.15, -0.1) is 0 Å². The summed E-state index contributed by atoms with van der Waals surface area (Å²) in [5.74, 6) is 1.68.